The lowest BCUT2D eigenvalue weighted by Crippen LogP contribution is -2.42. The quantitative estimate of drug-likeness (QED) is 0.313. The van der Waals surface area contributed by atoms with Crippen molar-refractivity contribution >= 4 is 5.96 Å². The van der Waals surface area contributed by atoms with Crippen molar-refractivity contribution in [3.63, 3.8) is 0 Å². The molecule has 19 heavy (non-hydrogen) atoms. The average molecular weight is 264 g/mol. The molecule has 0 saturated carbocycles. The molecule has 0 unspecified atom stereocenters. The van der Waals surface area contributed by atoms with Gasteiger partial charge in [0, 0.05) is 13.1 Å². The van der Waals surface area contributed by atoms with E-state index in [-0.39, 0.29) is 0 Å². The van der Waals surface area contributed by atoms with Crippen LogP contribution >= 0.6 is 0 Å². The Hall–Kier alpha value is -1.75. The van der Waals surface area contributed by atoms with Crippen LogP contribution in [-0.2, 0) is 6.42 Å². The van der Waals surface area contributed by atoms with E-state index in [4.69, 9.17) is 10.6 Å². The van der Waals surface area contributed by atoms with Gasteiger partial charge in [0.15, 0.2) is 0 Å². The molecule has 0 aromatic heterocycles. The second-order valence-corrected chi connectivity index (χ2v) is 4.72. The number of nitrogens with one attached hydrogen (secondary N) is 2. The fourth-order valence-corrected chi connectivity index (χ4v) is 1.65. The highest BCUT2D eigenvalue weighted by Crippen LogP contribution is 2.17. The number of hydrogen-bond donors (Lipinski definition) is 3. The summed E-state index contributed by atoms with van der Waals surface area (Å²) in [5, 5.41) is 3.18. The molecule has 0 aliphatic rings. The number of nitrogens with zero attached hydrogens (tertiary/aromatic N) is 1. The van der Waals surface area contributed by atoms with Crippen molar-refractivity contribution in [1.29, 1.82) is 0 Å². The van der Waals surface area contributed by atoms with E-state index in [0.717, 1.165) is 30.8 Å². The number of methoxy groups -OCH3 is 1. The standard InChI is InChI=1S/C14H24N4O/c1-11(2)10-17-14(18-15)16-9-8-12-6-4-5-7-13(12)19-3/h4-7,11H,8-10,15H2,1-3H3,(H2,16,17,18). The molecule has 1 rings (SSSR count). The molecule has 1 aromatic carbocycles. The second kappa shape index (κ2) is 8.37. The monoisotopic (exact) mass is 264 g/mol. The number of ether oxygens (including phenoxy) is 1. The Labute approximate surface area is 115 Å². The van der Waals surface area contributed by atoms with Crippen molar-refractivity contribution in [2.45, 2.75) is 20.3 Å². The zero-order valence-corrected chi connectivity index (χ0v) is 11.9. The van der Waals surface area contributed by atoms with E-state index in [1.165, 1.54) is 0 Å². The van der Waals surface area contributed by atoms with E-state index < -0.39 is 0 Å². The summed E-state index contributed by atoms with van der Waals surface area (Å²) in [6.07, 6.45) is 0.854. The van der Waals surface area contributed by atoms with Crippen LogP contribution in [-0.4, -0.2) is 26.2 Å². The molecule has 0 fully saturated rings. The van der Waals surface area contributed by atoms with Crippen LogP contribution in [0, 0.1) is 5.92 Å². The predicted molar refractivity (Wildman–Crippen MR) is 79.2 cm³/mol. The summed E-state index contributed by atoms with van der Waals surface area (Å²) in [6.45, 7) is 5.74. The fourth-order valence-electron chi connectivity index (χ4n) is 1.65. The van der Waals surface area contributed by atoms with Gasteiger partial charge in [0.1, 0.15) is 5.75 Å². The maximum absolute atomic E-state index is 5.43. The SMILES string of the molecule is COc1ccccc1CCNC(=NCC(C)C)NN. The highest BCUT2D eigenvalue weighted by molar-refractivity contribution is 5.79. The van der Waals surface area contributed by atoms with Gasteiger partial charge in [0.2, 0.25) is 5.96 Å². The predicted octanol–water partition coefficient (Wildman–Crippen LogP) is 1.30. The third kappa shape index (κ3) is 5.61. The number of rotatable bonds is 6. The minimum absolute atomic E-state index is 0.513. The molecular formula is C14H24N4O. The lowest BCUT2D eigenvalue weighted by atomic mass is 10.1. The lowest BCUT2D eigenvalue weighted by Gasteiger charge is -2.11. The van der Waals surface area contributed by atoms with E-state index in [9.17, 15) is 0 Å². The molecule has 5 heteroatoms. The first-order chi connectivity index (χ1) is 9.17. The van der Waals surface area contributed by atoms with Gasteiger partial charge >= 0.3 is 0 Å². The number of nitrogens with two attached hydrogens (primary N) is 1. The molecule has 0 atom stereocenters. The maximum atomic E-state index is 5.43. The minimum Gasteiger partial charge on any atom is -0.496 e. The third-order valence-electron chi connectivity index (χ3n) is 2.63. The van der Waals surface area contributed by atoms with E-state index in [1.807, 2.05) is 18.2 Å². The van der Waals surface area contributed by atoms with Crippen molar-refractivity contribution in [1.82, 2.24) is 10.7 Å². The Morgan fingerprint density at radius 3 is 2.74 bits per heavy atom. The lowest BCUT2D eigenvalue weighted by molar-refractivity contribution is 0.409. The molecule has 0 aliphatic carbocycles. The number of guanidine groups is 1. The van der Waals surface area contributed by atoms with Gasteiger partial charge in [-0.2, -0.15) is 0 Å². The summed E-state index contributed by atoms with van der Waals surface area (Å²) in [7, 11) is 1.68. The van der Waals surface area contributed by atoms with Gasteiger partial charge in [-0.15, -0.1) is 0 Å². The summed E-state index contributed by atoms with van der Waals surface area (Å²) in [4.78, 5) is 4.35. The minimum atomic E-state index is 0.513. The van der Waals surface area contributed by atoms with Crippen LogP contribution in [0.4, 0.5) is 0 Å². The first-order valence-corrected chi connectivity index (χ1v) is 6.54. The van der Waals surface area contributed by atoms with Gasteiger partial charge in [-0.05, 0) is 24.0 Å². The molecule has 0 bridgehead atoms. The summed E-state index contributed by atoms with van der Waals surface area (Å²) in [5.74, 6) is 7.48. The van der Waals surface area contributed by atoms with Gasteiger partial charge in [-0.3, -0.25) is 10.4 Å². The molecule has 5 nitrogen and oxygen atoms in total. The van der Waals surface area contributed by atoms with E-state index in [1.54, 1.807) is 7.11 Å². The molecule has 0 amide bonds. The first kappa shape index (κ1) is 15.3. The summed E-state index contributed by atoms with van der Waals surface area (Å²) >= 11 is 0. The summed E-state index contributed by atoms with van der Waals surface area (Å²) < 4.78 is 5.31. The Balaban J connectivity index is 2.46. The largest absolute Gasteiger partial charge is 0.496 e. The molecule has 4 N–H and O–H groups in total. The number of hydrazine groups is 1. The average Bonchev–Trinajstić information content (AvgIpc) is 2.42. The van der Waals surface area contributed by atoms with Crippen LogP contribution in [0.15, 0.2) is 29.3 Å². The number of benzene rings is 1. The van der Waals surface area contributed by atoms with Crippen LogP contribution in [0.3, 0.4) is 0 Å². The van der Waals surface area contributed by atoms with Crippen molar-refractivity contribution in [3.05, 3.63) is 29.8 Å². The molecule has 0 heterocycles. The van der Waals surface area contributed by atoms with Gasteiger partial charge in [-0.25, -0.2) is 5.84 Å². The van der Waals surface area contributed by atoms with Crippen LogP contribution in [0.5, 0.6) is 5.75 Å². The van der Waals surface area contributed by atoms with E-state index in [2.05, 4.69) is 35.6 Å². The summed E-state index contributed by atoms with van der Waals surface area (Å²) in [5.41, 5.74) is 3.74. The smallest absolute Gasteiger partial charge is 0.205 e. The second-order valence-electron chi connectivity index (χ2n) is 4.72. The molecule has 0 saturated heterocycles. The van der Waals surface area contributed by atoms with E-state index >= 15 is 0 Å². The third-order valence-corrected chi connectivity index (χ3v) is 2.63. The molecule has 0 spiro atoms. The number of aliphatic imine (C=N–C) groups is 1. The van der Waals surface area contributed by atoms with Gasteiger partial charge in [-0.1, -0.05) is 32.0 Å². The summed E-state index contributed by atoms with van der Waals surface area (Å²) in [6, 6.07) is 7.99. The van der Waals surface area contributed by atoms with Crippen molar-refractivity contribution < 1.29 is 4.74 Å². The van der Waals surface area contributed by atoms with Crippen molar-refractivity contribution in [3.8, 4) is 5.75 Å². The van der Waals surface area contributed by atoms with Gasteiger partial charge in [0.05, 0.1) is 7.11 Å². The van der Waals surface area contributed by atoms with Crippen LogP contribution in [0.25, 0.3) is 0 Å². The maximum Gasteiger partial charge on any atom is 0.205 e. The van der Waals surface area contributed by atoms with Crippen LogP contribution < -0.4 is 21.3 Å². The number of para-hydroxylation sites is 1. The van der Waals surface area contributed by atoms with Crippen molar-refractivity contribution in [2.75, 3.05) is 20.2 Å². The van der Waals surface area contributed by atoms with Gasteiger partial charge in [0.25, 0.3) is 0 Å². The Morgan fingerprint density at radius 1 is 1.37 bits per heavy atom. The molecule has 0 radical (unpaired) electrons. The Kier molecular flexibility index (Phi) is 6.74. The molecule has 0 aliphatic heterocycles. The normalized spacial score (nSPS) is 11.5. The Morgan fingerprint density at radius 2 is 2.11 bits per heavy atom. The van der Waals surface area contributed by atoms with Crippen molar-refractivity contribution in [2.24, 2.45) is 16.8 Å². The Bertz CT molecular complexity index is 404. The number of hydrogen-bond acceptors (Lipinski definition) is 3. The zero-order valence-electron chi connectivity index (χ0n) is 11.9. The fraction of sp³-hybridized carbons (Fsp3) is 0.500. The van der Waals surface area contributed by atoms with E-state index in [0.29, 0.717) is 11.9 Å². The zero-order chi connectivity index (χ0) is 14.1. The molecule has 106 valence electrons. The van der Waals surface area contributed by atoms with Crippen LogP contribution in [0.1, 0.15) is 19.4 Å². The van der Waals surface area contributed by atoms with Crippen LogP contribution in [0.2, 0.25) is 0 Å². The first-order valence-electron chi connectivity index (χ1n) is 6.54. The molecular weight excluding hydrogens is 240 g/mol. The highest BCUT2D eigenvalue weighted by atomic mass is 16.5. The highest BCUT2D eigenvalue weighted by Gasteiger charge is 2.02. The molecule has 1 aromatic rings. The topological polar surface area (TPSA) is 71.7 Å². The van der Waals surface area contributed by atoms with Gasteiger partial charge < -0.3 is 10.1 Å².